The maximum absolute atomic E-state index is 13.0. The fraction of sp³-hybridized carbons (Fsp3) is 0.364. The molecule has 34 heavy (non-hydrogen) atoms. The first-order valence-electron chi connectivity index (χ1n) is 11.2. The predicted octanol–water partition coefficient (Wildman–Crippen LogP) is 3.29. The van der Waals surface area contributed by atoms with Crippen molar-refractivity contribution in [3.05, 3.63) is 56.2 Å². The molecule has 1 aromatic carbocycles. The number of aromatic nitrogens is 8. The Morgan fingerprint density at radius 3 is 2.74 bits per heavy atom. The summed E-state index contributed by atoms with van der Waals surface area (Å²) in [5.41, 5.74) is 1.26. The Balaban J connectivity index is 1.29. The molecule has 4 heterocycles. The van der Waals surface area contributed by atoms with E-state index in [9.17, 15) is 9.59 Å². The summed E-state index contributed by atoms with van der Waals surface area (Å²) in [4.78, 5) is 37.2. The fourth-order valence-electron chi connectivity index (χ4n) is 3.98. The van der Waals surface area contributed by atoms with Crippen LogP contribution < -0.4 is 11.2 Å². The number of para-hydroxylation sites is 1. The third kappa shape index (κ3) is 4.03. The number of aromatic amines is 2. The van der Waals surface area contributed by atoms with Crippen molar-refractivity contribution in [2.45, 2.75) is 52.1 Å². The van der Waals surface area contributed by atoms with Gasteiger partial charge in [0.25, 0.3) is 11.4 Å². The third-order valence-corrected chi connectivity index (χ3v) is 5.92. The molecule has 0 bridgehead atoms. The standard InChI is InChI=1S/C22H23ClN8O3/c1-2-3-11-30-18-17(25-21(23)26-18)20(32)31(22(30)33)12-7-6-10-15-24-19(34-29-15)16-13-8-4-5-9-14(13)27-28-16/h4-5,8-9H,2-3,6-7,10-12H2,1H3,(H,25,26)(H,27,28). The predicted molar refractivity (Wildman–Crippen MR) is 127 cm³/mol. The van der Waals surface area contributed by atoms with Crippen LogP contribution in [0.15, 0.2) is 38.4 Å². The summed E-state index contributed by atoms with van der Waals surface area (Å²) in [5, 5.41) is 12.3. The van der Waals surface area contributed by atoms with E-state index in [0.29, 0.717) is 48.9 Å². The number of imidazole rings is 1. The largest absolute Gasteiger partial charge is 0.332 e. The van der Waals surface area contributed by atoms with Gasteiger partial charge in [-0.25, -0.2) is 4.79 Å². The number of hydrogen-bond acceptors (Lipinski definition) is 7. The number of hydrogen-bond donors (Lipinski definition) is 2. The second-order valence-electron chi connectivity index (χ2n) is 8.06. The summed E-state index contributed by atoms with van der Waals surface area (Å²) in [6.07, 6.45) is 3.51. The van der Waals surface area contributed by atoms with Gasteiger partial charge in [0.15, 0.2) is 22.7 Å². The number of halogens is 1. The molecule has 0 saturated heterocycles. The van der Waals surface area contributed by atoms with Crippen molar-refractivity contribution in [2.75, 3.05) is 0 Å². The summed E-state index contributed by atoms with van der Waals surface area (Å²) in [5.74, 6) is 0.898. The summed E-state index contributed by atoms with van der Waals surface area (Å²) >= 11 is 5.97. The van der Waals surface area contributed by atoms with E-state index in [1.807, 2.05) is 31.2 Å². The smallest absolute Gasteiger partial charge is 0.332 e. The quantitative estimate of drug-likeness (QED) is 0.242. The molecule has 0 aliphatic heterocycles. The van der Waals surface area contributed by atoms with Crippen LogP contribution in [0.1, 0.15) is 38.4 Å². The van der Waals surface area contributed by atoms with E-state index in [2.05, 4.69) is 30.3 Å². The molecule has 2 N–H and O–H groups in total. The number of nitrogens with zero attached hydrogens (tertiary/aromatic N) is 6. The molecule has 11 nitrogen and oxygen atoms in total. The van der Waals surface area contributed by atoms with Gasteiger partial charge in [-0.15, -0.1) is 0 Å². The van der Waals surface area contributed by atoms with Crippen LogP contribution in [0.3, 0.4) is 0 Å². The van der Waals surface area contributed by atoms with Crippen LogP contribution in [0.4, 0.5) is 0 Å². The number of benzene rings is 1. The minimum Gasteiger partial charge on any atom is -0.332 e. The lowest BCUT2D eigenvalue weighted by Gasteiger charge is -2.10. The van der Waals surface area contributed by atoms with Crippen molar-refractivity contribution in [1.29, 1.82) is 0 Å². The Bertz CT molecular complexity index is 1570. The minimum absolute atomic E-state index is 0.0899. The van der Waals surface area contributed by atoms with Crippen molar-refractivity contribution in [2.24, 2.45) is 0 Å². The molecule has 0 fully saturated rings. The molecule has 4 aromatic heterocycles. The average Bonchev–Trinajstić information content (AvgIpc) is 3.56. The molecule has 0 spiro atoms. The number of aryl methyl sites for hydroxylation is 2. The molecule has 0 amide bonds. The first-order chi connectivity index (χ1) is 16.6. The molecule has 0 aliphatic rings. The van der Waals surface area contributed by atoms with Crippen molar-refractivity contribution in [1.82, 2.24) is 39.4 Å². The van der Waals surface area contributed by atoms with Gasteiger partial charge in [-0.3, -0.25) is 19.0 Å². The van der Waals surface area contributed by atoms with Crippen LogP contribution in [0, 0.1) is 0 Å². The molecular formula is C22H23ClN8O3. The van der Waals surface area contributed by atoms with Gasteiger partial charge in [-0.1, -0.05) is 36.7 Å². The van der Waals surface area contributed by atoms with Gasteiger partial charge >= 0.3 is 5.69 Å². The molecule has 0 atom stereocenters. The highest BCUT2D eigenvalue weighted by Gasteiger charge is 2.17. The molecule has 0 unspecified atom stereocenters. The van der Waals surface area contributed by atoms with Crippen LogP contribution in [0.2, 0.25) is 5.28 Å². The Hall–Kier alpha value is -3.73. The second kappa shape index (κ2) is 9.26. The Kier molecular flexibility index (Phi) is 6.01. The van der Waals surface area contributed by atoms with Crippen LogP contribution in [0.25, 0.3) is 33.7 Å². The maximum atomic E-state index is 13.0. The second-order valence-corrected chi connectivity index (χ2v) is 8.42. The van der Waals surface area contributed by atoms with Crippen molar-refractivity contribution < 1.29 is 4.52 Å². The number of fused-ring (bicyclic) bond motifs is 2. The van der Waals surface area contributed by atoms with Gasteiger partial charge < -0.3 is 9.51 Å². The molecule has 0 radical (unpaired) electrons. The van der Waals surface area contributed by atoms with Crippen LogP contribution in [-0.4, -0.2) is 39.4 Å². The molecule has 176 valence electrons. The highest BCUT2D eigenvalue weighted by molar-refractivity contribution is 6.29. The lowest BCUT2D eigenvalue weighted by atomic mass is 10.2. The summed E-state index contributed by atoms with van der Waals surface area (Å²) < 4.78 is 8.15. The highest BCUT2D eigenvalue weighted by atomic mass is 35.5. The van der Waals surface area contributed by atoms with Crippen LogP contribution in [-0.2, 0) is 19.5 Å². The first kappa shape index (κ1) is 22.1. The maximum Gasteiger partial charge on any atom is 0.332 e. The van der Waals surface area contributed by atoms with E-state index < -0.39 is 5.56 Å². The first-order valence-corrected chi connectivity index (χ1v) is 11.6. The van der Waals surface area contributed by atoms with Gasteiger partial charge in [-0.2, -0.15) is 15.1 Å². The molecule has 5 rings (SSSR count). The van der Waals surface area contributed by atoms with Gasteiger partial charge in [-0.05, 0) is 36.9 Å². The summed E-state index contributed by atoms with van der Waals surface area (Å²) in [7, 11) is 0. The van der Waals surface area contributed by atoms with E-state index >= 15 is 0 Å². The number of H-pyrrole nitrogens is 2. The van der Waals surface area contributed by atoms with Gasteiger partial charge in [0.1, 0.15) is 0 Å². The normalized spacial score (nSPS) is 11.7. The van der Waals surface area contributed by atoms with Gasteiger partial charge in [0.05, 0.1) is 5.52 Å². The average molecular weight is 483 g/mol. The van der Waals surface area contributed by atoms with Crippen molar-refractivity contribution >= 4 is 33.7 Å². The topological polar surface area (TPSA) is 140 Å². The SMILES string of the molecule is CCCCn1c(=O)n(CCCCc2noc(-c3n[nH]c4ccccc34)n2)c(=O)c2[nH]c(Cl)nc21. The van der Waals surface area contributed by atoms with E-state index in [0.717, 1.165) is 23.7 Å². The number of unbranched alkanes of at least 4 members (excludes halogenated alkanes) is 2. The molecule has 0 saturated carbocycles. The van der Waals surface area contributed by atoms with E-state index in [4.69, 9.17) is 16.1 Å². The molecule has 12 heteroatoms. The monoisotopic (exact) mass is 482 g/mol. The van der Waals surface area contributed by atoms with Crippen LogP contribution >= 0.6 is 11.6 Å². The highest BCUT2D eigenvalue weighted by Crippen LogP contribution is 2.24. The lowest BCUT2D eigenvalue weighted by molar-refractivity contribution is 0.419. The fourth-order valence-corrected chi connectivity index (χ4v) is 4.16. The summed E-state index contributed by atoms with van der Waals surface area (Å²) in [6, 6.07) is 7.71. The van der Waals surface area contributed by atoms with Gasteiger partial charge in [0.2, 0.25) is 5.28 Å². The van der Waals surface area contributed by atoms with Gasteiger partial charge in [0, 0.05) is 24.9 Å². The number of nitrogens with one attached hydrogen (secondary N) is 2. The van der Waals surface area contributed by atoms with E-state index in [1.54, 1.807) is 0 Å². The zero-order chi connectivity index (χ0) is 23.7. The van der Waals surface area contributed by atoms with Crippen LogP contribution in [0.5, 0.6) is 0 Å². The zero-order valence-corrected chi connectivity index (χ0v) is 19.3. The summed E-state index contributed by atoms with van der Waals surface area (Å²) in [6.45, 7) is 2.78. The lowest BCUT2D eigenvalue weighted by Crippen LogP contribution is -2.40. The Morgan fingerprint density at radius 2 is 1.88 bits per heavy atom. The molecular weight excluding hydrogens is 460 g/mol. The number of rotatable bonds is 9. The third-order valence-electron chi connectivity index (χ3n) is 5.74. The minimum atomic E-state index is -0.417. The Labute approximate surface area is 197 Å². The Morgan fingerprint density at radius 1 is 1.06 bits per heavy atom. The molecule has 0 aliphatic carbocycles. The van der Waals surface area contributed by atoms with Crippen molar-refractivity contribution in [3.63, 3.8) is 0 Å². The zero-order valence-electron chi connectivity index (χ0n) is 18.5. The molecule has 5 aromatic rings. The van der Waals surface area contributed by atoms with E-state index in [1.165, 1.54) is 9.13 Å². The van der Waals surface area contributed by atoms with Crippen molar-refractivity contribution in [3.8, 4) is 11.6 Å². The van der Waals surface area contributed by atoms with E-state index in [-0.39, 0.29) is 23.0 Å².